The fourth-order valence-electron chi connectivity index (χ4n) is 2.11. The molecule has 1 unspecified atom stereocenters. The molecule has 16 heavy (non-hydrogen) atoms. The van der Waals surface area contributed by atoms with Crippen molar-refractivity contribution in [3.05, 3.63) is 11.5 Å². The average Bonchev–Trinajstić information content (AvgIpc) is 2.44. The molecular formula is C10H16N2O3S. The molecule has 0 bridgehead atoms. The minimum atomic E-state index is -3.11. The van der Waals surface area contributed by atoms with Crippen LogP contribution in [0.3, 0.4) is 0 Å². The van der Waals surface area contributed by atoms with Gasteiger partial charge in [-0.3, -0.25) is 4.79 Å². The molecule has 0 radical (unpaired) electrons. The first-order valence-corrected chi connectivity index (χ1v) is 7.11. The molecule has 1 saturated carbocycles. The van der Waals surface area contributed by atoms with Crippen LogP contribution in [0.5, 0.6) is 0 Å². The van der Waals surface area contributed by atoms with Crippen LogP contribution < -0.4 is 11.1 Å². The summed E-state index contributed by atoms with van der Waals surface area (Å²) in [6, 6.07) is -0.387. The molecule has 1 amide bonds. The van der Waals surface area contributed by atoms with E-state index in [9.17, 15) is 13.2 Å². The Morgan fingerprint density at radius 1 is 1.50 bits per heavy atom. The number of amides is 1. The van der Waals surface area contributed by atoms with Crippen LogP contribution in [0.15, 0.2) is 11.5 Å². The second kappa shape index (κ2) is 3.85. The van der Waals surface area contributed by atoms with E-state index in [0.717, 1.165) is 24.7 Å². The highest BCUT2D eigenvalue weighted by atomic mass is 32.2. The predicted octanol–water partition coefficient (Wildman–Crippen LogP) is -0.458. The minimum Gasteiger partial charge on any atom is -0.348 e. The third kappa shape index (κ3) is 1.99. The summed E-state index contributed by atoms with van der Waals surface area (Å²) in [5.74, 6) is -0.132. The predicted molar refractivity (Wildman–Crippen MR) is 60.2 cm³/mol. The molecular weight excluding hydrogens is 228 g/mol. The molecule has 0 spiro atoms. The van der Waals surface area contributed by atoms with Crippen LogP contribution in [0.1, 0.15) is 19.3 Å². The maximum atomic E-state index is 11.9. The van der Waals surface area contributed by atoms with Gasteiger partial charge >= 0.3 is 0 Å². The van der Waals surface area contributed by atoms with E-state index in [1.54, 1.807) is 0 Å². The van der Waals surface area contributed by atoms with E-state index in [1.165, 1.54) is 6.08 Å². The largest absolute Gasteiger partial charge is 0.348 e. The Hall–Kier alpha value is -0.880. The van der Waals surface area contributed by atoms with E-state index in [1.807, 2.05) is 0 Å². The van der Waals surface area contributed by atoms with Gasteiger partial charge in [-0.15, -0.1) is 0 Å². The van der Waals surface area contributed by atoms with Gasteiger partial charge in [0.25, 0.3) is 0 Å². The fraction of sp³-hybridized carbons (Fsp3) is 0.700. The van der Waals surface area contributed by atoms with Gasteiger partial charge in [-0.05, 0) is 18.9 Å². The van der Waals surface area contributed by atoms with E-state index in [2.05, 4.69) is 5.32 Å². The van der Waals surface area contributed by atoms with Gasteiger partial charge in [-0.2, -0.15) is 0 Å². The van der Waals surface area contributed by atoms with Crippen molar-refractivity contribution in [3.63, 3.8) is 0 Å². The molecule has 0 aromatic carbocycles. The lowest BCUT2D eigenvalue weighted by molar-refractivity contribution is -0.135. The van der Waals surface area contributed by atoms with E-state index in [-0.39, 0.29) is 17.7 Å². The maximum Gasteiger partial charge on any atom is 0.227 e. The molecule has 2 aliphatic rings. The summed E-state index contributed by atoms with van der Waals surface area (Å²) in [4.78, 5) is 11.9. The molecule has 5 nitrogen and oxygen atoms in total. The summed E-state index contributed by atoms with van der Waals surface area (Å²) in [5.41, 5.74) is 5.16. The van der Waals surface area contributed by atoms with Crippen LogP contribution in [-0.4, -0.2) is 32.7 Å². The SMILES string of the molecule is NCC1(C(=O)NC2C=CS(=O)(=O)C2)CCC1. The zero-order valence-electron chi connectivity index (χ0n) is 8.98. The Balaban J connectivity index is 1.96. The Morgan fingerprint density at radius 3 is 2.56 bits per heavy atom. The molecule has 90 valence electrons. The van der Waals surface area contributed by atoms with Gasteiger partial charge < -0.3 is 11.1 Å². The number of nitrogens with two attached hydrogens (primary N) is 1. The number of nitrogens with one attached hydrogen (secondary N) is 1. The molecule has 6 heteroatoms. The van der Waals surface area contributed by atoms with Crippen molar-refractivity contribution in [1.82, 2.24) is 5.32 Å². The Labute approximate surface area is 95.0 Å². The molecule has 0 aromatic rings. The van der Waals surface area contributed by atoms with E-state index < -0.39 is 15.3 Å². The van der Waals surface area contributed by atoms with E-state index >= 15 is 0 Å². The number of sulfone groups is 1. The molecule has 1 aliphatic carbocycles. The zero-order valence-corrected chi connectivity index (χ0v) is 9.79. The van der Waals surface area contributed by atoms with Crippen molar-refractivity contribution in [2.24, 2.45) is 11.1 Å². The van der Waals surface area contributed by atoms with Crippen LogP contribution in [0.2, 0.25) is 0 Å². The Morgan fingerprint density at radius 2 is 2.19 bits per heavy atom. The highest BCUT2D eigenvalue weighted by Crippen LogP contribution is 2.40. The van der Waals surface area contributed by atoms with Crippen molar-refractivity contribution in [1.29, 1.82) is 0 Å². The second-order valence-corrected chi connectivity index (χ2v) is 6.51. The maximum absolute atomic E-state index is 11.9. The van der Waals surface area contributed by atoms with Gasteiger partial charge in [0.2, 0.25) is 5.91 Å². The van der Waals surface area contributed by atoms with Crippen LogP contribution in [0.25, 0.3) is 0 Å². The van der Waals surface area contributed by atoms with Gasteiger partial charge in [0.1, 0.15) is 0 Å². The number of carbonyl (C=O) groups is 1. The van der Waals surface area contributed by atoms with Gasteiger partial charge in [0.05, 0.1) is 17.2 Å². The van der Waals surface area contributed by atoms with Crippen molar-refractivity contribution >= 4 is 15.7 Å². The molecule has 0 saturated heterocycles. The second-order valence-electron chi connectivity index (χ2n) is 4.58. The van der Waals surface area contributed by atoms with Crippen LogP contribution >= 0.6 is 0 Å². The lowest BCUT2D eigenvalue weighted by Crippen LogP contribution is -2.53. The molecule has 3 N–H and O–H groups in total. The van der Waals surface area contributed by atoms with Gasteiger partial charge in [0, 0.05) is 12.0 Å². The lowest BCUT2D eigenvalue weighted by Gasteiger charge is -2.39. The van der Waals surface area contributed by atoms with Crippen molar-refractivity contribution in [2.75, 3.05) is 12.3 Å². The average molecular weight is 244 g/mol. The van der Waals surface area contributed by atoms with Crippen molar-refractivity contribution in [2.45, 2.75) is 25.3 Å². The Kier molecular flexibility index (Phi) is 2.79. The smallest absolute Gasteiger partial charge is 0.227 e. The highest BCUT2D eigenvalue weighted by molar-refractivity contribution is 7.94. The first kappa shape index (κ1) is 11.6. The van der Waals surface area contributed by atoms with E-state index in [0.29, 0.717) is 6.54 Å². The van der Waals surface area contributed by atoms with Gasteiger partial charge in [-0.25, -0.2) is 8.42 Å². The number of rotatable bonds is 3. The first-order valence-electron chi connectivity index (χ1n) is 5.39. The molecule has 1 fully saturated rings. The number of carbonyl (C=O) groups excluding carboxylic acids is 1. The molecule has 1 heterocycles. The molecule has 0 aromatic heterocycles. The van der Waals surface area contributed by atoms with Crippen LogP contribution in [-0.2, 0) is 14.6 Å². The first-order chi connectivity index (χ1) is 7.47. The Bertz CT molecular complexity index is 418. The minimum absolute atomic E-state index is 0.0284. The van der Waals surface area contributed by atoms with Gasteiger partial charge in [0.15, 0.2) is 9.84 Å². The highest BCUT2D eigenvalue weighted by Gasteiger charge is 2.43. The topological polar surface area (TPSA) is 89.3 Å². The molecule has 2 rings (SSSR count). The van der Waals surface area contributed by atoms with Crippen LogP contribution in [0, 0.1) is 5.41 Å². The summed E-state index contributed by atoms with van der Waals surface area (Å²) >= 11 is 0. The zero-order chi connectivity index (χ0) is 11.8. The summed E-state index contributed by atoms with van der Waals surface area (Å²) in [6.45, 7) is 0.335. The molecule has 1 atom stereocenters. The molecule has 1 aliphatic heterocycles. The summed E-state index contributed by atoms with van der Waals surface area (Å²) in [7, 11) is -3.11. The van der Waals surface area contributed by atoms with Crippen molar-refractivity contribution in [3.8, 4) is 0 Å². The third-order valence-electron chi connectivity index (χ3n) is 3.43. The number of hydrogen-bond donors (Lipinski definition) is 2. The lowest BCUT2D eigenvalue weighted by atomic mass is 9.68. The summed E-state index contributed by atoms with van der Waals surface area (Å²) < 4.78 is 22.3. The quantitative estimate of drug-likeness (QED) is 0.703. The third-order valence-corrected chi connectivity index (χ3v) is 4.83. The number of hydrogen-bond acceptors (Lipinski definition) is 4. The van der Waals surface area contributed by atoms with Crippen molar-refractivity contribution < 1.29 is 13.2 Å². The normalized spacial score (nSPS) is 29.7. The van der Waals surface area contributed by atoms with Crippen LogP contribution in [0.4, 0.5) is 0 Å². The fourth-order valence-corrected chi connectivity index (χ4v) is 3.35. The summed E-state index contributed by atoms with van der Waals surface area (Å²) in [6.07, 6.45) is 4.15. The van der Waals surface area contributed by atoms with Gasteiger partial charge in [-0.1, -0.05) is 6.42 Å². The standard InChI is InChI=1S/C10H16N2O3S/c11-7-10(3-1-4-10)9(13)12-8-2-5-16(14,15)6-8/h2,5,8H,1,3-4,6-7,11H2,(H,12,13). The van der Waals surface area contributed by atoms with E-state index in [4.69, 9.17) is 5.73 Å². The summed E-state index contributed by atoms with van der Waals surface area (Å²) in [5, 5.41) is 3.90. The monoisotopic (exact) mass is 244 g/mol.